The van der Waals surface area contributed by atoms with Crippen LogP contribution in [0.2, 0.25) is 0 Å². The minimum Gasteiger partial charge on any atom is -0.497 e. The smallest absolute Gasteiger partial charge is 0.120 e. The van der Waals surface area contributed by atoms with Gasteiger partial charge in [0.1, 0.15) is 5.75 Å². The summed E-state index contributed by atoms with van der Waals surface area (Å²) >= 11 is 0. The third-order valence-corrected chi connectivity index (χ3v) is 3.16. The summed E-state index contributed by atoms with van der Waals surface area (Å²) in [5.41, 5.74) is 1.19. The van der Waals surface area contributed by atoms with Gasteiger partial charge < -0.3 is 15.0 Å². The first-order valence-electron chi connectivity index (χ1n) is 6.76. The van der Waals surface area contributed by atoms with Crippen LogP contribution in [-0.2, 0) is 0 Å². The fourth-order valence-corrected chi connectivity index (χ4v) is 1.99. The van der Waals surface area contributed by atoms with Gasteiger partial charge in [0.15, 0.2) is 0 Å². The van der Waals surface area contributed by atoms with E-state index in [0.29, 0.717) is 6.04 Å². The van der Waals surface area contributed by atoms with E-state index in [1.165, 1.54) is 18.5 Å². The van der Waals surface area contributed by atoms with Crippen LogP contribution in [-0.4, -0.2) is 33.3 Å². The summed E-state index contributed by atoms with van der Waals surface area (Å²) in [6.45, 7) is 6.48. The van der Waals surface area contributed by atoms with Gasteiger partial charge in [0.25, 0.3) is 0 Å². The van der Waals surface area contributed by atoms with Crippen LogP contribution in [0, 0.1) is 0 Å². The van der Waals surface area contributed by atoms with Gasteiger partial charge in [-0.2, -0.15) is 0 Å². The van der Waals surface area contributed by atoms with Crippen LogP contribution in [0.4, 0.5) is 5.69 Å². The molecule has 0 spiro atoms. The Hall–Kier alpha value is -1.22. The average Bonchev–Trinajstić information content (AvgIpc) is 2.39. The molecule has 1 unspecified atom stereocenters. The van der Waals surface area contributed by atoms with E-state index in [1.807, 2.05) is 12.1 Å². The van der Waals surface area contributed by atoms with E-state index in [2.05, 4.69) is 43.2 Å². The SMILES string of the molecule is CCCC(C)NCCN(C)c1cccc(OC)c1. The lowest BCUT2D eigenvalue weighted by Crippen LogP contribution is -2.34. The second-order valence-corrected chi connectivity index (χ2v) is 4.77. The molecule has 0 bridgehead atoms. The van der Waals surface area contributed by atoms with Crippen molar-refractivity contribution in [3.8, 4) is 5.75 Å². The Labute approximate surface area is 111 Å². The highest BCUT2D eigenvalue weighted by Gasteiger charge is 2.03. The molecule has 0 saturated carbocycles. The van der Waals surface area contributed by atoms with Gasteiger partial charge in [-0.3, -0.25) is 0 Å². The van der Waals surface area contributed by atoms with Gasteiger partial charge in [-0.25, -0.2) is 0 Å². The first kappa shape index (κ1) is 14.8. The highest BCUT2D eigenvalue weighted by molar-refractivity contribution is 5.50. The van der Waals surface area contributed by atoms with Crippen LogP contribution < -0.4 is 15.0 Å². The Bertz CT molecular complexity index is 341. The lowest BCUT2D eigenvalue weighted by Gasteiger charge is -2.21. The fourth-order valence-electron chi connectivity index (χ4n) is 1.99. The van der Waals surface area contributed by atoms with Crippen LogP contribution in [0.15, 0.2) is 24.3 Å². The number of nitrogens with zero attached hydrogens (tertiary/aromatic N) is 1. The number of hydrogen-bond donors (Lipinski definition) is 1. The van der Waals surface area contributed by atoms with Gasteiger partial charge >= 0.3 is 0 Å². The lowest BCUT2D eigenvalue weighted by atomic mass is 10.2. The van der Waals surface area contributed by atoms with Crippen molar-refractivity contribution in [2.24, 2.45) is 0 Å². The molecule has 1 rings (SSSR count). The number of ether oxygens (including phenoxy) is 1. The molecule has 0 aromatic heterocycles. The quantitative estimate of drug-likeness (QED) is 0.768. The van der Waals surface area contributed by atoms with Crippen molar-refractivity contribution in [2.75, 3.05) is 32.1 Å². The molecule has 1 atom stereocenters. The molecule has 0 heterocycles. The first-order chi connectivity index (χ1) is 8.67. The molecule has 102 valence electrons. The third kappa shape index (κ3) is 4.96. The number of rotatable bonds is 8. The van der Waals surface area contributed by atoms with Gasteiger partial charge in [0, 0.05) is 37.9 Å². The van der Waals surface area contributed by atoms with Crippen molar-refractivity contribution in [1.29, 1.82) is 0 Å². The molecule has 3 heteroatoms. The molecular formula is C15H26N2O. The van der Waals surface area contributed by atoms with E-state index < -0.39 is 0 Å². The van der Waals surface area contributed by atoms with E-state index in [4.69, 9.17) is 4.74 Å². The second-order valence-electron chi connectivity index (χ2n) is 4.77. The molecule has 0 aliphatic rings. The van der Waals surface area contributed by atoms with Crippen LogP contribution in [0.5, 0.6) is 5.75 Å². The van der Waals surface area contributed by atoms with E-state index in [0.717, 1.165) is 18.8 Å². The summed E-state index contributed by atoms with van der Waals surface area (Å²) in [6.07, 6.45) is 2.47. The molecule has 1 N–H and O–H groups in total. The first-order valence-corrected chi connectivity index (χ1v) is 6.76. The number of nitrogens with one attached hydrogen (secondary N) is 1. The zero-order valence-electron chi connectivity index (χ0n) is 12.1. The summed E-state index contributed by atoms with van der Waals surface area (Å²) in [7, 11) is 3.81. The van der Waals surface area contributed by atoms with Crippen LogP contribution >= 0.6 is 0 Å². The molecule has 3 nitrogen and oxygen atoms in total. The Kier molecular flexibility index (Phi) is 6.58. The minimum atomic E-state index is 0.605. The van der Waals surface area contributed by atoms with E-state index in [1.54, 1.807) is 7.11 Å². The normalized spacial score (nSPS) is 12.2. The van der Waals surface area contributed by atoms with Crippen molar-refractivity contribution < 1.29 is 4.74 Å². The molecule has 0 aliphatic heterocycles. The van der Waals surface area contributed by atoms with Crippen LogP contribution in [0.3, 0.4) is 0 Å². The Balaban J connectivity index is 2.37. The number of benzene rings is 1. The van der Waals surface area contributed by atoms with Gasteiger partial charge in [0.2, 0.25) is 0 Å². The Morgan fingerprint density at radius 1 is 1.39 bits per heavy atom. The van der Waals surface area contributed by atoms with Crippen LogP contribution in [0.25, 0.3) is 0 Å². The monoisotopic (exact) mass is 250 g/mol. The molecule has 1 aromatic rings. The van der Waals surface area contributed by atoms with Gasteiger partial charge in [-0.05, 0) is 25.5 Å². The maximum atomic E-state index is 5.24. The van der Waals surface area contributed by atoms with Crippen molar-refractivity contribution in [1.82, 2.24) is 5.32 Å². The summed E-state index contributed by atoms with van der Waals surface area (Å²) in [4.78, 5) is 2.24. The van der Waals surface area contributed by atoms with Gasteiger partial charge in [-0.1, -0.05) is 19.4 Å². The van der Waals surface area contributed by atoms with Crippen molar-refractivity contribution in [3.05, 3.63) is 24.3 Å². The van der Waals surface area contributed by atoms with Crippen LogP contribution in [0.1, 0.15) is 26.7 Å². The summed E-state index contributed by atoms with van der Waals surface area (Å²) in [5, 5.41) is 3.54. The second kappa shape index (κ2) is 7.98. The molecule has 0 amide bonds. The van der Waals surface area contributed by atoms with Crippen molar-refractivity contribution in [2.45, 2.75) is 32.7 Å². The van der Waals surface area contributed by atoms with E-state index in [9.17, 15) is 0 Å². The number of methoxy groups -OCH3 is 1. The topological polar surface area (TPSA) is 24.5 Å². The highest BCUT2D eigenvalue weighted by atomic mass is 16.5. The van der Waals surface area contributed by atoms with Gasteiger partial charge in [-0.15, -0.1) is 0 Å². The molecule has 0 fully saturated rings. The molecule has 18 heavy (non-hydrogen) atoms. The van der Waals surface area contributed by atoms with E-state index in [-0.39, 0.29) is 0 Å². The summed E-state index contributed by atoms with van der Waals surface area (Å²) in [5.74, 6) is 0.909. The number of hydrogen-bond acceptors (Lipinski definition) is 3. The molecule has 0 aliphatic carbocycles. The predicted molar refractivity (Wildman–Crippen MR) is 78.6 cm³/mol. The minimum absolute atomic E-state index is 0.605. The molecular weight excluding hydrogens is 224 g/mol. The maximum Gasteiger partial charge on any atom is 0.120 e. The van der Waals surface area contributed by atoms with Crippen molar-refractivity contribution >= 4 is 5.69 Å². The molecule has 0 saturated heterocycles. The summed E-state index contributed by atoms with van der Waals surface area (Å²) in [6, 6.07) is 8.78. The van der Waals surface area contributed by atoms with Crippen molar-refractivity contribution in [3.63, 3.8) is 0 Å². The number of anilines is 1. The Morgan fingerprint density at radius 3 is 2.83 bits per heavy atom. The largest absolute Gasteiger partial charge is 0.497 e. The predicted octanol–water partition coefficient (Wildman–Crippen LogP) is 2.91. The maximum absolute atomic E-state index is 5.24. The third-order valence-electron chi connectivity index (χ3n) is 3.16. The number of likely N-dealkylation sites (N-methyl/N-ethyl adjacent to an activating group) is 1. The molecule has 1 aromatic carbocycles. The zero-order chi connectivity index (χ0) is 13.4. The molecule has 0 radical (unpaired) electrons. The average molecular weight is 250 g/mol. The Morgan fingerprint density at radius 2 is 2.17 bits per heavy atom. The fraction of sp³-hybridized carbons (Fsp3) is 0.600. The zero-order valence-corrected chi connectivity index (χ0v) is 12.1. The van der Waals surface area contributed by atoms with Gasteiger partial charge in [0.05, 0.1) is 7.11 Å². The van der Waals surface area contributed by atoms with E-state index >= 15 is 0 Å². The standard InChI is InChI=1S/C15H26N2O/c1-5-7-13(2)16-10-11-17(3)14-8-6-9-15(12-14)18-4/h6,8-9,12-13,16H,5,7,10-11H2,1-4H3. The summed E-state index contributed by atoms with van der Waals surface area (Å²) < 4.78 is 5.24. The highest BCUT2D eigenvalue weighted by Crippen LogP contribution is 2.19. The lowest BCUT2D eigenvalue weighted by molar-refractivity contribution is 0.415.